The van der Waals surface area contributed by atoms with Crippen LogP contribution in [0.15, 0.2) is 10.6 Å². The van der Waals surface area contributed by atoms with Crippen LogP contribution in [-0.4, -0.2) is 11.1 Å². The smallest absolute Gasteiger partial charge is 0.342 e. The summed E-state index contributed by atoms with van der Waals surface area (Å²) in [6.45, 7) is 2.00. The van der Waals surface area contributed by atoms with Crippen LogP contribution in [0.4, 0.5) is 0 Å². The number of unbranched alkanes of at least 4 members (excludes halogenated alkanes) is 1. The molecule has 0 fully saturated rings. The van der Waals surface area contributed by atoms with E-state index < -0.39 is 5.97 Å². The van der Waals surface area contributed by atoms with Gasteiger partial charge in [0.25, 0.3) is 0 Å². The largest absolute Gasteiger partial charge is 0.477 e. The summed E-state index contributed by atoms with van der Waals surface area (Å²) in [7, 11) is 0. The molecule has 0 atom stereocenters. The van der Waals surface area contributed by atoms with Gasteiger partial charge in [0.15, 0.2) is 0 Å². The first-order valence-corrected chi connectivity index (χ1v) is 3.56. The van der Waals surface area contributed by atoms with Crippen LogP contribution >= 0.6 is 28.3 Å². The van der Waals surface area contributed by atoms with Crippen LogP contribution in [0.1, 0.15) is 19.8 Å². The van der Waals surface area contributed by atoms with Crippen molar-refractivity contribution < 1.29 is 9.90 Å². The molecule has 0 aliphatic carbocycles. The minimum absolute atomic E-state index is 0. The minimum Gasteiger partial charge on any atom is -0.477 e. The van der Waals surface area contributed by atoms with Crippen LogP contribution in [0.5, 0.6) is 0 Å². The lowest BCUT2D eigenvalue weighted by Gasteiger charge is -1.87. The highest BCUT2D eigenvalue weighted by Crippen LogP contribution is 2.06. The first-order chi connectivity index (χ1) is 4.18. The fraction of sp³-hybridized carbons (Fsp3) is 0.500. The Morgan fingerprint density at radius 2 is 2.20 bits per heavy atom. The van der Waals surface area contributed by atoms with Gasteiger partial charge in [-0.15, -0.1) is 12.4 Å². The van der Waals surface area contributed by atoms with E-state index in [0.717, 1.165) is 12.8 Å². The number of carbonyl (C=O) groups is 1. The van der Waals surface area contributed by atoms with E-state index in [4.69, 9.17) is 5.11 Å². The SMILES string of the molecule is CCCC=C(Br)C(=O)O.Cl. The lowest BCUT2D eigenvalue weighted by Crippen LogP contribution is -1.92. The number of halogens is 2. The summed E-state index contributed by atoms with van der Waals surface area (Å²) in [6, 6.07) is 0. The molecule has 0 aliphatic heterocycles. The third-order valence-electron chi connectivity index (χ3n) is 0.817. The van der Waals surface area contributed by atoms with Crippen molar-refractivity contribution in [2.75, 3.05) is 0 Å². The van der Waals surface area contributed by atoms with E-state index in [-0.39, 0.29) is 16.9 Å². The maximum atomic E-state index is 10.1. The van der Waals surface area contributed by atoms with Crippen molar-refractivity contribution in [1.82, 2.24) is 0 Å². The molecule has 0 aromatic carbocycles. The summed E-state index contributed by atoms with van der Waals surface area (Å²) in [5.41, 5.74) is 0. The molecule has 1 N–H and O–H groups in total. The second-order valence-electron chi connectivity index (χ2n) is 1.65. The van der Waals surface area contributed by atoms with E-state index in [2.05, 4.69) is 15.9 Å². The molecule has 0 aromatic heterocycles. The van der Waals surface area contributed by atoms with Gasteiger partial charge in [-0.3, -0.25) is 0 Å². The van der Waals surface area contributed by atoms with Crippen LogP contribution in [-0.2, 0) is 4.79 Å². The third-order valence-corrected chi connectivity index (χ3v) is 1.48. The van der Waals surface area contributed by atoms with Crippen LogP contribution < -0.4 is 0 Å². The van der Waals surface area contributed by atoms with E-state index >= 15 is 0 Å². The molecule has 0 saturated heterocycles. The predicted molar refractivity (Wildman–Crippen MR) is 46.8 cm³/mol. The van der Waals surface area contributed by atoms with Gasteiger partial charge in [-0.25, -0.2) is 4.79 Å². The van der Waals surface area contributed by atoms with Gasteiger partial charge in [0.2, 0.25) is 0 Å². The summed E-state index contributed by atoms with van der Waals surface area (Å²) in [5.74, 6) is -0.900. The van der Waals surface area contributed by atoms with E-state index in [9.17, 15) is 4.79 Å². The second-order valence-corrected chi connectivity index (χ2v) is 2.50. The zero-order valence-electron chi connectivity index (χ0n) is 5.63. The zero-order valence-corrected chi connectivity index (χ0v) is 8.04. The van der Waals surface area contributed by atoms with Gasteiger partial charge < -0.3 is 5.11 Å². The first-order valence-electron chi connectivity index (χ1n) is 2.77. The number of hydrogen-bond acceptors (Lipinski definition) is 1. The Morgan fingerprint density at radius 3 is 2.50 bits per heavy atom. The topological polar surface area (TPSA) is 37.3 Å². The monoisotopic (exact) mass is 228 g/mol. The Morgan fingerprint density at radius 1 is 1.70 bits per heavy atom. The maximum Gasteiger partial charge on any atom is 0.342 e. The van der Waals surface area contributed by atoms with Crippen molar-refractivity contribution in [3.05, 3.63) is 10.6 Å². The zero-order chi connectivity index (χ0) is 7.28. The van der Waals surface area contributed by atoms with Gasteiger partial charge in [-0.1, -0.05) is 19.4 Å². The van der Waals surface area contributed by atoms with E-state index in [0.29, 0.717) is 0 Å². The molecule has 0 aromatic rings. The summed E-state index contributed by atoms with van der Waals surface area (Å²) < 4.78 is 0.254. The number of allylic oxidation sites excluding steroid dienone is 1. The standard InChI is InChI=1S/C6H9BrO2.ClH/c1-2-3-4-5(7)6(8)9;/h4H,2-3H2,1H3,(H,8,9);1H. The number of hydrogen-bond donors (Lipinski definition) is 1. The lowest BCUT2D eigenvalue weighted by molar-refractivity contribution is -0.131. The lowest BCUT2D eigenvalue weighted by atomic mass is 10.3. The number of carboxylic acids is 1. The average molecular weight is 230 g/mol. The van der Waals surface area contributed by atoms with Gasteiger partial charge in [0.05, 0.1) is 4.48 Å². The Bertz CT molecular complexity index is 134. The van der Waals surface area contributed by atoms with Gasteiger partial charge in [-0.05, 0) is 22.4 Å². The highest BCUT2D eigenvalue weighted by Gasteiger charge is 1.98. The molecule has 60 valence electrons. The highest BCUT2D eigenvalue weighted by atomic mass is 79.9. The minimum atomic E-state index is -0.900. The highest BCUT2D eigenvalue weighted by molar-refractivity contribution is 9.12. The van der Waals surface area contributed by atoms with Crippen molar-refractivity contribution >= 4 is 34.3 Å². The van der Waals surface area contributed by atoms with Crippen molar-refractivity contribution in [2.24, 2.45) is 0 Å². The average Bonchev–Trinajstić information content (AvgIpc) is 1.82. The predicted octanol–water partition coefficient (Wildman–Crippen LogP) is 2.57. The Kier molecular flexibility index (Phi) is 8.96. The fourth-order valence-corrected chi connectivity index (χ4v) is 0.587. The molecule has 0 aliphatic rings. The third kappa shape index (κ3) is 6.11. The Balaban J connectivity index is 0. The van der Waals surface area contributed by atoms with E-state index in [1.807, 2.05) is 6.92 Å². The van der Waals surface area contributed by atoms with Crippen molar-refractivity contribution in [3.8, 4) is 0 Å². The van der Waals surface area contributed by atoms with Gasteiger partial charge >= 0.3 is 5.97 Å². The fourth-order valence-electron chi connectivity index (χ4n) is 0.358. The van der Waals surface area contributed by atoms with Crippen LogP contribution in [0, 0.1) is 0 Å². The number of carboxylic acid groups (broad SMARTS) is 1. The maximum absolute atomic E-state index is 10.1. The summed E-state index contributed by atoms with van der Waals surface area (Å²) in [5, 5.41) is 8.29. The molecule has 0 radical (unpaired) electrons. The molecule has 4 heteroatoms. The van der Waals surface area contributed by atoms with E-state index in [1.165, 1.54) is 0 Å². The van der Waals surface area contributed by atoms with Crippen LogP contribution in [0.3, 0.4) is 0 Å². The summed E-state index contributed by atoms with van der Waals surface area (Å²) in [6.07, 6.45) is 3.44. The van der Waals surface area contributed by atoms with Crippen molar-refractivity contribution in [3.63, 3.8) is 0 Å². The molecular formula is C6H10BrClO2. The van der Waals surface area contributed by atoms with Gasteiger partial charge in [0.1, 0.15) is 0 Å². The van der Waals surface area contributed by atoms with Crippen LogP contribution in [0.2, 0.25) is 0 Å². The quantitative estimate of drug-likeness (QED) is 0.755. The van der Waals surface area contributed by atoms with Crippen LogP contribution in [0.25, 0.3) is 0 Å². The molecule has 10 heavy (non-hydrogen) atoms. The molecule has 0 bridgehead atoms. The Hall–Kier alpha value is -0.0200. The molecule has 0 saturated carbocycles. The number of aliphatic carboxylic acids is 1. The molecule has 0 unspecified atom stereocenters. The van der Waals surface area contributed by atoms with Crippen molar-refractivity contribution in [2.45, 2.75) is 19.8 Å². The molecule has 0 spiro atoms. The molecule has 0 heterocycles. The summed E-state index contributed by atoms with van der Waals surface area (Å²) in [4.78, 5) is 10.1. The molecular weight excluding hydrogens is 219 g/mol. The summed E-state index contributed by atoms with van der Waals surface area (Å²) >= 11 is 2.90. The van der Waals surface area contributed by atoms with Crippen molar-refractivity contribution in [1.29, 1.82) is 0 Å². The Labute approximate surface area is 74.9 Å². The molecule has 2 nitrogen and oxygen atoms in total. The molecule has 0 amide bonds. The first kappa shape index (κ1) is 12.6. The molecule has 0 rings (SSSR count). The van der Waals surface area contributed by atoms with Gasteiger partial charge in [0, 0.05) is 0 Å². The van der Waals surface area contributed by atoms with Gasteiger partial charge in [-0.2, -0.15) is 0 Å². The normalized spacial score (nSPS) is 10.4. The number of rotatable bonds is 3. The van der Waals surface area contributed by atoms with E-state index in [1.54, 1.807) is 6.08 Å². The second kappa shape index (κ2) is 7.09.